The zero-order chi connectivity index (χ0) is 14.5. The molecule has 0 aromatic carbocycles. The lowest BCUT2D eigenvalue weighted by molar-refractivity contribution is 0.458. The van der Waals surface area contributed by atoms with Crippen molar-refractivity contribution in [1.29, 1.82) is 0 Å². The maximum absolute atomic E-state index is 6.02. The van der Waals surface area contributed by atoms with Crippen molar-refractivity contribution < 1.29 is 0 Å². The first-order valence-corrected chi connectivity index (χ1v) is 7.22. The molecule has 0 fully saturated rings. The molecule has 110 valence electrons. The van der Waals surface area contributed by atoms with Gasteiger partial charge >= 0.3 is 0 Å². The minimum absolute atomic E-state index is 0.157. The van der Waals surface area contributed by atoms with E-state index in [1.807, 2.05) is 17.1 Å². The molecule has 20 heavy (non-hydrogen) atoms. The van der Waals surface area contributed by atoms with Crippen LogP contribution < -0.4 is 5.73 Å². The van der Waals surface area contributed by atoms with Gasteiger partial charge in [0.2, 0.25) is 0 Å². The Morgan fingerprint density at radius 3 is 2.75 bits per heavy atom. The molecule has 0 aliphatic carbocycles. The van der Waals surface area contributed by atoms with Gasteiger partial charge in [-0.05, 0) is 12.3 Å². The van der Waals surface area contributed by atoms with E-state index in [0.29, 0.717) is 12.5 Å². The Hall–Kier alpha value is -1.69. The lowest BCUT2D eigenvalue weighted by Crippen LogP contribution is -2.24. The van der Waals surface area contributed by atoms with Gasteiger partial charge in [-0.2, -0.15) is 5.10 Å². The number of hydrogen-bond donors (Lipinski definition) is 1. The van der Waals surface area contributed by atoms with E-state index in [9.17, 15) is 0 Å². The zero-order valence-electron chi connectivity index (χ0n) is 12.5. The molecular formula is C14H24N6. The van der Waals surface area contributed by atoms with Crippen LogP contribution in [-0.4, -0.2) is 30.4 Å². The van der Waals surface area contributed by atoms with E-state index in [-0.39, 0.29) is 6.04 Å². The molecule has 0 saturated heterocycles. The molecular weight excluding hydrogens is 252 g/mol. The smallest absolute Gasteiger partial charge is 0.146 e. The van der Waals surface area contributed by atoms with Gasteiger partial charge in [0.15, 0.2) is 0 Å². The fourth-order valence-electron chi connectivity index (χ4n) is 2.11. The lowest BCUT2D eigenvalue weighted by atomic mass is 10.1. The second kappa shape index (κ2) is 6.65. The summed E-state index contributed by atoms with van der Waals surface area (Å²) in [6.07, 6.45) is 7.16. The molecule has 0 amide bonds. The summed E-state index contributed by atoms with van der Waals surface area (Å²) in [5.74, 6) is 2.52. The highest BCUT2D eigenvalue weighted by atomic mass is 15.3. The molecule has 2 aromatic rings. The van der Waals surface area contributed by atoms with Crippen LogP contribution in [0.2, 0.25) is 0 Å². The average molecular weight is 276 g/mol. The Labute approximate surface area is 120 Å². The van der Waals surface area contributed by atoms with Crippen LogP contribution in [0, 0.1) is 5.92 Å². The molecule has 2 aromatic heterocycles. The van der Waals surface area contributed by atoms with E-state index in [1.165, 1.54) is 0 Å². The minimum atomic E-state index is 0.157. The Morgan fingerprint density at radius 2 is 2.05 bits per heavy atom. The number of imidazole rings is 1. The van der Waals surface area contributed by atoms with Crippen molar-refractivity contribution in [2.24, 2.45) is 11.7 Å². The standard InChI is InChI=1S/C14H24N6/c1-4-12(15)7-13-16-5-6-19(13)9-14-17-10-18-20(14)8-11(2)3/h5-6,10-12H,4,7-9,15H2,1-3H3. The third kappa shape index (κ3) is 3.66. The van der Waals surface area contributed by atoms with Gasteiger partial charge < -0.3 is 10.3 Å². The number of nitrogens with two attached hydrogens (primary N) is 1. The van der Waals surface area contributed by atoms with E-state index in [0.717, 1.165) is 31.0 Å². The number of nitrogens with zero attached hydrogens (tertiary/aromatic N) is 5. The van der Waals surface area contributed by atoms with Crippen molar-refractivity contribution >= 4 is 0 Å². The second-order valence-corrected chi connectivity index (χ2v) is 5.60. The van der Waals surface area contributed by atoms with Crippen molar-refractivity contribution in [3.8, 4) is 0 Å². The van der Waals surface area contributed by atoms with Gasteiger partial charge in [-0.25, -0.2) is 14.6 Å². The van der Waals surface area contributed by atoms with E-state index in [1.54, 1.807) is 6.33 Å². The van der Waals surface area contributed by atoms with Crippen molar-refractivity contribution in [2.45, 2.75) is 52.7 Å². The van der Waals surface area contributed by atoms with Crippen LogP contribution in [0.15, 0.2) is 18.7 Å². The lowest BCUT2D eigenvalue weighted by Gasteiger charge is -2.12. The van der Waals surface area contributed by atoms with Gasteiger partial charge in [-0.3, -0.25) is 0 Å². The van der Waals surface area contributed by atoms with Crippen molar-refractivity contribution in [1.82, 2.24) is 24.3 Å². The monoisotopic (exact) mass is 276 g/mol. The second-order valence-electron chi connectivity index (χ2n) is 5.60. The fraction of sp³-hybridized carbons (Fsp3) is 0.643. The Kier molecular flexibility index (Phi) is 4.89. The minimum Gasteiger partial charge on any atom is -0.327 e. The highest BCUT2D eigenvalue weighted by Gasteiger charge is 2.11. The molecule has 1 unspecified atom stereocenters. The van der Waals surface area contributed by atoms with Crippen LogP contribution in [0.1, 0.15) is 38.8 Å². The largest absolute Gasteiger partial charge is 0.327 e. The molecule has 6 heteroatoms. The Bertz CT molecular complexity index is 527. The molecule has 2 rings (SSSR count). The molecule has 2 heterocycles. The van der Waals surface area contributed by atoms with E-state index >= 15 is 0 Å². The molecule has 0 saturated carbocycles. The first-order valence-electron chi connectivity index (χ1n) is 7.22. The molecule has 0 bridgehead atoms. The topological polar surface area (TPSA) is 74.6 Å². The van der Waals surface area contributed by atoms with Crippen LogP contribution in [0.5, 0.6) is 0 Å². The van der Waals surface area contributed by atoms with Crippen molar-refractivity contribution in [3.05, 3.63) is 30.4 Å². The molecule has 0 aliphatic rings. The first-order chi connectivity index (χ1) is 9.60. The van der Waals surface area contributed by atoms with Gasteiger partial charge in [0.25, 0.3) is 0 Å². The third-order valence-corrected chi connectivity index (χ3v) is 3.32. The molecule has 0 aliphatic heterocycles. The SMILES string of the molecule is CCC(N)Cc1nccn1Cc1ncnn1CC(C)C. The zero-order valence-corrected chi connectivity index (χ0v) is 12.5. The van der Waals surface area contributed by atoms with Gasteiger partial charge in [0.1, 0.15) is 18.0 Å². The Morgan fingerprint density at radius 1 is 1.25 bits per heavy atom. The number of rotatable bonds is 7. The van der Waals surface area contributed by atoms with Crippen molar-refractivity contribution in [2.75, 3.05) is 0 Å². The molecule has 2 N–H and O–H groups in total. The summed E-state index contributed by atoms with van der Waals surface area (Å²) in [6, 6.07) is 0.157. The quantitative estimate of drug-likeness (QED) is 0.830. The van der Waals surface area contributed by atoms with Crippen LogP contribution in [0.4, 0.5) is 0 Å². The maximum Gasteiger partial charge on any atom is 0.146 e. The van der Waals surface area contributed by atoms with Crippen LogP contribution >= 0.6 is 0 Å². The van der Waals surface area contributed by atoms with Gasteiger partial charge in [-0.15, -0.1) is 0 Å². The summed E-state index contributed by atoms with van der Waals surface area (Å²) in [5.41, 5.74) is 6.02. The predicted octanol–water partition coefficient (Wildman–Crippen LogP) is 1.46. The summed E-state index contributed by atoms with van der Waals surface area (Å²) in [5, 5.41) is 4.29. The average Bonchev–Trinajstić information content (AvgIpc) is 3.00. The molecule has 6 nitrogen and oxygen atoms in total. The van der Waals surface area contributed by atoms with E-state index in [4.69, 9.17) is 5.73 Å². The summed E-state index contributed by atoms with van der Waals surface area (Å²) >= 11 is 0. The van der Waals surface area contributed by atoms with Gasteiger partial charge in [0.05, 0.1) is 6.54 Å². The van der Waals surface area contributed by atoms with E-state index in [2.05, 4.69) is 40.4 Å². The summed E-state index contributed by atoms with van der Waals surface area (Å²) in [6.45, 7) is 8.02. The summed E-state index contributed by atoms with van der Waals surface area (Å²) in [4.78, 5) is 8.76. The third-order valence-electron chi connectivity index (χ3n) is 3.32. The normalized spacial score (nSPS) is 13.1. The van der Waals surface area contributed by atoms with E-state index < -0.39 is 0 Å². The van der Waals surface area contributed by atoms with Crippen LogP contribution in [0.25, 0.3) is 0 Å². The Balaban J connectivity index is 2.10. The predicted molar refractivity (Wildman–Crippen MR) is 78.2 cm³/mol. The van der Waals surface area contributed by atoms with Gasteiger partial charge in [0, 0.05) is 31.4 Å². The highest BCUT2D eigenvalue weighted by molar-refractivity contribution is 4.99. The van der Waals surface area contributed by atoms with Crippen LogP contribution in [0.3, 0.4) is 0 Å². The molecule has 0 radical (unpaired) electrons. The first kappa shape index (κ1) is 14.7. The maximum atomic E-state index is 6.02. The number of aromatic nitrogens is 5. The van der Waals surface area contributed by atoms with Gasteiger partial charge in [-0.1, -0.05) is 20.8 Å². The number of hydrogen-bond acceptors (Lipinski definition) is 4. The molecule has 0 spiro atoms. The highest BCUT2D eigenvalue weighted by Crippen LogP contribution is 2.08. The van der Waals surface area contributed by atoms with Crippen molar-refractivity contribution in [3.63, 3.8) is 0 Å². The fourth-order valence-corrected chi connectivity index (χ4v) is 2.11. The molecule has 1 atom stereocenters. The summed E-state index contributed by atoms with van der Waals surface area (Å²) < 4.78 is 4.07. The van der Waals surface area contributed by atoms with Crippen LogP contribution in [-0.2, 0) is 19.5 Å². The summed E-state index contributed by atoms with van der Waals surface area (Å²) in [7, 11) is 0.